The first-order valence-electron chi connectivity index (χ1n) is 10.8. The standard InChI is InChI=1S/C27H23BrN2O6/c1-32-21-10-7-18(14-22(21)33-2)25(30-36-27(31)16-5-8-19(28)9-6-16)26-20-15-24(35-4)23(34-3)13-17(20)11-12-29-26/h5-15H,1-4H3/b30-25+. The van der Waals surface area contributed by atoms with E-state index in [1.165, 1.54) is 0 Å². The van der Waals surface area contributed by atoms with Gasteiger partial charge in [-0.15, -0.1) is 0 Å². The minimum atomic E-state index is -0.611. The molecule has 8 nitrogen and oxygen atoms in total. The summed E-state index contributed by atoms with van der Waals surface area (Å²) in [4.78, 5) is 22.7. The predicted molar refractivity (Wildman–Crippen MR) is 140 cm³/mol. The van der Waals surface area contributed by atoms with Crippen LogP contribution in [0, 0.1) is 0 Å². The van der Waals surface area contributed by atoms with Crippen molar-refractivity contribution in [2.24, 2.45) is 5.16 Å². The van der Waals surface area contributed by atoms with Crippen molar-refractivity contribution in [1.82, 2.24) is 4.98 Å². The number of nitrogens with zero attached hydrogens (tertiary/aromatic N) is 2. The summed E-state index contributed by atoms with van der Waals surface area (Å²) >= 11 is 3.36. The van der Waals surface area contributed by atoms with Crippen LogP contribution in [-0.4, -0.2) is 45.1 Å². The smallest absolute Gasteiger partial charge is 0.365 e. The molecule has 9 heteroatoms. The van der Waals surface area contributed by atoms with E-state index in [0.717, 1.165) is 15.2 Å². The Morgan fingerprint density at radius 3 is 2.03 bits per heavy atom. The van der Waals surface area contributed by atoms with Crippen LogP contribution < -0.4 is 18.9 Å². The number of aromatic nitrogens is 1. The number of halogens is 1. The largest absolute Gasteiger partial charge is 0.493 e. The van der Waals surface area contributed by atoms with Crippen molar-refractivity contribution in [3.8, 4) is 23.0 Å². The van der Waals surface area contributed by atoms with Crippen molar-refractivity contribution >= 4 is 38.4 Å². The Bertz CT molecular complexity index is 1440. The molecule has 4 rings (SSSR count). The zero-order valence-corrected chi connectivity index (χ0v) is 21.7. The normalized spacial score (nSPS) is 11.2. The summed E-state index contributed by atoms with van der Waals surface area (Å²) in [7, 11) is 6.23. The van der Waals surface area contributed by atoms with Gasteiger partial charge in [0.2, 0.25) is 0 Å². The molecule has 0 spiro atoms. The van der Waals surface area contributed by atoms with Gasteiger partial charge in [-0.1, -0.05) is 21.1 Å². The average Bonchev–Trinajstić information content (AvgIpc) is 2.92. The lowest BCUT2D eigenvalue weighted by atomic mass is 10.0. The maximum Gasteiger partial charge on any atom is 0.365 e. The van der Waals surface area contributed by atoms with E-state index >= 15 is 0 Å². The van der Waals surface area contributed by atoms with Crippen molar-refractivity contribution in [1.29, 1.82) is 0 Å². The first kappa shape index (κ1) is 25.0. The third-order valence-corrected chi connectivity index (χ3v) is 5.98. The summed E-state index contributed by atoms with van der Waals surface area (Å²) in [6.07, 6.45) is 1.65. The van der Waals surface area contributed by atoms with E-state index in [0.29, 0.717) is 45.5 Å². The summed E-state index contributed by atoms with van der Waals surface area (Å²) in [5.74, 6) is 1.53. The molecule has 4 aromatic rings. The summed E-state index contributed by atoms with van der Waals surface area (Å²) in [5, 5.41) is 5.83. The molecule has 0 radical (unpaired) electrons. The van der Waals surface area contributed by atoms with Crippen LogP contribution in [0.3, 0.4) is 0 Å². The monoisotopic (exact) mass is 550 g/mol. The molecule has 0 aliphatic carbocycles. The number of methoxy groups -OCH3 is 4. The molecule has 3 aromatic carbocycles. The lowest BCUT2D eigenvalue weighted by Crippen LogP contribution is -2.11. The van der Waals surface area contributed by atoms with Gasteiger partial charge in [0, 0.05) is 21.6 Å². The lowest BCUT2D eigenvalue weighted by Gasteiger charge is -2.14. The van der Waals surface area contributed by atoms with Gasteiger partial charge >= 0.3 is 5.97 Å². The molecule has 0 amide bonds. The van der Waals surface area contributed by atoms with E-state index in [-0.39, 0.29) is 0 Å². The number of oxime groups is 1. The number of carbonyl (C=O) groups excluding carboxylic acids is 1. The fraction of sp³-hybridized carbons (Fsp3) is 0.148. The molecule has 36 heavy (non-hydrogen) atoms. The number of benzene rings is 3. The number of ether oxygens (including phenoxy) is 4. The quantitative estimate of drug-likeness (QED) is 0.159. The molecule has 0 N–H and O–H groups in total. The van der Waals surface area contributed by atoms with Crippen molar-refractivity contribution in [3.05, 3.63) is 88.2 Å². The summed E-state index contributed by atoms with van der Waals surface area (Å²) in [5.41, 5.74) is 1.75. The zero-order valence-electron chi connectivity index (χ0n) is 20.1. The van der Waals surface area contributed by atoms with Gasteiger partial charge in [0.1, 0.15) is 11.4 Å². The summed E-state index contributed by atoms with van der Waals surface area (Å²) < 4.78 is 22.6. The highest BCUT2D eigenvalue weighted by Gasteiger charge is 2.19. The highest BCUT2D eigenvalue weighted by molar-refractivity contribution is 9.10. The Morgan fingerprint density at radius 2 is 1.36 bits per heavy atom. The lowest BCUT2D eigenvalue weighted by molar-refractivity contribution is 0.0517. The van der Waals surface area contributed by atoms with E-state index in [2.05, 4.69) is 26.1 Å². The van der Waals surface area contributed by atoms with Gasteiger partial charge in [0.15, 0.2) is 23.0 Å². The Morgan fingerprint density at radius 1 is 0.750 bits per heavy atom. The third kappa shape index (κ3) is 5.11. The Balaban J connectivity index is 1.88. The van der Waals surface area contributed by atoms with Crippen LogP contribution in [0.2, 0.25) is 0 Å². The second kappa shape index (κ2) is 11.1. The van der Waals surface area contributed by atoms with Crippen LogP contribution in [-0.2, 0) is 4.84 Å². The van der Waals surface area contributed by atoms with Crippen LogP contribution in [0.25, 0.3) is 10.8 Å². The number of rotatable bonds is 8. The van der Waals surface area contributed by atoms with E-state index in [1.54, 1.807) is 77.1 Å². The molecule has 0 unspecified atom stereocenters. The number of pyridine rings is 1. The average molecular weight is 551 g/mol. The van der Waals surface area contributed by atoms with Crippen LogP contribution in [0.4, 0.5) is 0 Å². The van der Waals surface area contributed by atoms with E-state index < -0.39 is 5.97 Å². The van der Waals surface area contributed by atoms with Crippen LogP contribution in [0.15, 0.2) is 76.5 Å². The SMILES string of the molecule is COc1ccc(/C(=N\OC(=O)c2ccc(Br)cc2)c2nccc3cc(OC)c(OC)cc23)cc1OC. The van der Waals surface area contributed by atoms with Crippen molar-refractivity contribution in [3.63, 3.8) is 0 Å². The van der Waals surface area contributed by atoms with E-state index in [4.69, 9.17) is 23.8 Å². The fourth-order valence-corrected chi connectivity index (χ4v) is 3.89. The van der Waals surface area contributed by atoms with Gasteiger partial charge in [-0.05, 0) is 66.0 Å². The van der Waals surface area contributed by atoms with E-state index in [1.807, 2.05) is 18.2 Å². The third-order valence-electron chi connectivity index (χ3n) is 5.45. The molecule has 1 aromatic heterocycles. The fourth-order valence-electron chi connectivity index (χ4n) is 3.63. The van der Waals surface area contributed by atoms with Crippen molar-refractivity contribution in [2.45, 2.75) is 0 Å². The second-order valence-electron chi connectivity index (χ2n) is 7.48. The van der Waals surface area contributed by atoms with Gasteiger partial charge in [-0.2, -0.15) is 0 Å². The molecule has 184 valence electrons. The number of fused-ring (bicyclic) bond motifs is 1. The van der Waals surface area contributed by atoms with Gasteiger partial charge in [-0.3, -0.25) is 4.98 Å². The highest BCUT2D eigenvalue weighted by Crippen LogP contribution is 2.35. The van der Waals surface area contributed by atoms with Crippen molar-refractivity contribution < 1.29 is 28.6 Å². The minimum Gasteiger partial charge on any atom is -0.493 e. The molecule has 0 bridgehead atoms. The van der Waals surface area contributed by atoms with Crippen molar-refractivity contribution in [2.75, 3.05) is 28.4 Å². The van der Waals surface area contributed by atoms with Crippen LogP contribution in [0.5, 0.6) is 23.0 Å². The molecule has 0 aliphatic rings. The number of carbonyl (C=O) groups is 1. The minimum absolute atomic E-state index is 0.319. The first-order chi connectivity index (χ1) is 17.5. The van der Waals surface area contributed by atoms with Crippen LogP contribution >= 0.6 is 15.9 Å². The molecule has 0 saturated heterocycles. The van der Waals surface area contributed by atoms with Gasteiger partial charge in [-0.25, -0.2) is 4.79 Å². The summed E-state index contributed by atoms with van der Waals surface area (Å²) in [6, 6.07) is 17.6. The van der Waals surface area contributed by atoms with Gasteiger partial charge < -0.3 is 23.8 Å². The topological polar surface area (TPSA) is 88.5 Å². The zero-order chi connectivity index (χ0) is 25.7. The van der Waals surface area contributed by atoms with Crippen LogP contribution in [0.1, 0.15) is 21.6 Å². The Hall–Kier alpha value is -4.11. The Labute approximate surface area is 216 Å². The van der Waals surface area contributed by atoms with Gasteiger partial charge in [0.25, 0.3) is 0 Å². The molecular weight excluding hydrogens is 528 g/mol. The molecule has 0 atom stereocenters. The predicted octanol–water partition coefficient (Wildman–Crippen LogP) is 5.64. The number of hydrogen-bond donors (Lipinski definition) is 0. The molecule has 0 aliphatic heterocycles. The molecular formula is C27H23BrN2O6. The van der Waals surface area contributed by atoms with E-state index in [9.17, 15) is 4.79 Å². The molecule has 1 heterocycles. The highest BCUT2D eigenvalue weighted by atomic mass is 79.9. The Kier molecular flexibility index (Phi) is 7.70. The summed E-state index contributed by atoms with van der Waals surface area (Å²) in [6.45, 7) is 0. The maximum atomic E-state index is 12.7. The maximum absolute atomic E-state index is 12.7. The van der Waals surface area contributed by atoms with Gasteiger partial charge in [0.05, 0.1) is 34.0 Å². The number of hydrogen-bond acceptors (Lipinski definition) is 8. The second-order valence-corrected chi connectivity index (χ2v) is 8.40. The molecule has 0 fully saturated rings. The first-order valence-corrected chi connectivity index (χ1v) is 11.6. The molecule has 0 saturated carbocycles.